The molecule has 0 radical (unpaired) electrons. The van der Waals surface area contributed by atoms with Gasteiger partial charge in [-0.25, -0.2) is 0 Å². The van der Waals surface area contributed by atoms with Gasteiger partial charge in [0.1, 0.15) is 6.04 Å². The molecule has 0 aromatic rings. The monoisotopic (exact) mass is 271 g/mol. The number of carbonyl (C=O) groups is 2. The van der Waals surface area contributed by atoms with E-state index in [1.165, 1.54) is 0 Å². The molecule has 110 valence electrons. The van der Waals surface area contributed by atoms with Gasteiger partial charge in [-0.3, -0.25) is 9.59 Å². The van der Waals surface area contributed by atoms with Crippen molar-refractivity contribution in [2.75, 3.05) is 33.4 Å². The molecule has 6 heteroatoms. The molecule has 1 fully saturated rings. The average Bonchev–Trinajstić information content (AvgIpc) is 2.85. The third kappa shape index (κ3) is 4.18. The molecule has 1 saturated heterocycles. The summed E-state index contributed by atoms with van der Waals surface area (Å²) in [7, 11) is 1.73. The van der Waals surface area contributed by atoms with Crippen LogP contribution >= 0.6 is 0 Å². The summed E-state index contributed by atoms with van der Waals surface area (Å²) in [5, 5.41) is 6.01. The van der Waals surface area contributed by atoms with E-state index in [1.807, 2.05) is 13.8 Å². The van der Waals surface area contributed by atoms with Crippen LogP contribution in [0.2, 0.25) is 0 Å². The van der Waals surface area contributed by atoms with Crippen LogP contribution in [0.3, 0.4) is 0 Å². The zero-order chi connectivity index (χ0) is 14.4. The summed E-state index contributed by atoms with van der Waals surface area (Å²) in [6.45, 7) is 7.99. The Morgan fingerprint density at radius 1 is 1.37 bits per heavy atom. The van der Waals surface area contributed by atoms with E-state index in [-0.39, 0.29) is 23.8 Å². The molecular weight excluding hydrogens is 246 g/mol. The Hall–Kier alpha value is -1.14. The molecule has 1 aliphatic rings. The minimum atomic E-state index is -0.500. The van der Waals surface area contributed by atoms with Crippen molar-refractivity contribution in [3.63, 3.8) is 0 Å². The highest BCUT2D eigenvalue weighted by atomic mass is 16.5. The van der Waals surface area contributed by atoms with Crippen molar-refractivity contribution in [3.8, 4) is 0 Å². The number of hydrogen-bond donors (Lipinski definition) is 2. The summed E-state index contributed by atoms with van der Waals surface area (Å²) in [6, 6.07) is -0.462. The van der Waals surface area contributed by atoms with Crippen LogP contribution in [0.15, 0.2) is 0 Å². The van der Waals surface area contributed by atoms with Gasteiger partial charge in [0.2, 0.25) is 11.8 Å². The largest absolute Gasteiger partial charge is 0.379 e. The number of amides is 2. The molecule has 19 heavy (non-hydrogen) atoms. The predicted molar refractivity (Wildman–Crippen MR) is 72.7 cm³/mol. The second kappa shape index (κ2) is 7.45. The van der Waals surface area contributed by atoms with E-state index < -0.39 is 6.04 Å². The van der Waals surface area contributed by atoms with E-state index in [9.17, 15) is 9.59 Å². The van der Waals surface area contributed by atoms with Gasteiger partial charge in [-0.2, -0.15) is 0 Å². The zero-order valence-corrected chi connectivity index (χ0v) is 12.2. The molecule has 1 heterocycles. The van der Waals surface area contributed by atoms with E-state index in [0.717, 1.165) is 6.54 Å². The molecule has 0 aromatic carbocycles. The Bertz CT molecular complexity index is 322. The summed E-state index contributed by atoms with van der Waals surface area (Å²) < 4.78 is 5.34. The van der Waals surface area contributed by atoms with Gasteiger partial charge in [0, 0.05) is 19.6 Å². The van der Waals surface area contributed by atoms with Gasteiger partial charge < -0.3 is 20.3 Å². The van der Waals surface area contributed by atoms with Gasteiger partial charge in [0.25, 0.3) is 0 Å². The first-order valence-electron chi connectivity index (χ1n) is 6.87. The maximum absolute atomic E-state index is 12.2. The summed E-state index contributed by atoms with van der Waals surface area (Å²) in [5.41, 5.74) is 0. The van der Waals surface area contributed by atoms with Crippen molar-refractivity contribution in [2.45, 2.75) is 32.9 Å². The maximum atomic E-state index is 12.2. The van der Waals surface area contributed by atoms with Gasteiger partial charge in [-0.1, -0.05) is 6.92 Å². The van der Waals surface area contributed by atoms with Crippen molar-refractivity contribution in [3.05, 3.63) is 0 Å². The third-order valence-electron chi connectivity index (χ3n) is 3.46. The van der Waals surface area contributed by atoms with Crippen LogP contribution < -0.4 is 10.6 Å². The van der Waals surface area contributed by atoms with E-state index in [4.69, 9.17) is 4.74 Å². The SMILES string of the molecule is CCNC1COCC1C(=O)NC(C)C(=O)N(C)CC. The van der Waals surface area contributed by atoms with E-state index in [0.29, 0.717) is 19.8 Å². The summed E-state index contributed by atoms with van der Waals surface area (Å²) >= 11 is 0. The molecule has 2 amide bonds. The average molecular weight is 271 g/mol. The quantitative estimate of drug-likeness (QED) is 0.689. The van der Waals surface area contributed by atoms with Crippen LogP contribution in [-0.2, 0) is 14.3 Å². The molecule has 0 aliphatic carbocycles. The molecule has 6 nitrogen and oxygen atoms in total. The first-order chi connectivity index (χ1) is 9.01. The van der Waals surface area contributed by atoms with Gasteiger partial charge >= 0.3 is 0 Å². The lowest BCUT2D eigenvalue weighted by molar-refractivity contribution is -0.136. The van der Waals surface area contributed by atoms with E-state index in [2.05, 4.69) is 10.6 Å². The fraction of sp³-hybridized carbons (Fsp3) is 0.846. The zero-order valence-electron chi connectivity index (χ0n) is 12.2. The van der Waals surface area contributed by atoms with Crippen molar-refractivity contribution in [1.82, 2.24) is 15.5 Å². The highest BCUT2D eigenvalue weighted by Gasteiger charge is 2.34. The number of carbonyl (C=O) groups excluding carboxylic acids is 2. The lowest BCUT2D eigenvalue weighted by atomic mass is 10.0. The van der Waals surface area contributed by atoms with Crippen molar-refractivity contribution < 1.29 is 14.3 Å². The topological polar surface area (TPSA) is 70.7 Å². The molecule has 1 aliphatic heterocycles. The number of likely N-dealkylation sites (N-methyl/N-ethyl adjacent to an activating group) is 2. The summed E-state index contributed by atoms with van der Waals surface area (Å²) in [6.07, 6.45) is 0. The molecule has 0 bridgehead atoms. The Balaban J connectivity index is 2.52. The van der Waals surface area contributed by atoms with Gasteiger partial charge in [-0.15, -0.1) is 0 Å². The number of rotatable bonds is 6. The van der Waals surface area contributed by atoms with Crippen LogP contribution in [0.4, 0.5) is 0 Å². The molecule has 0 spiro atoms. The van der Waals surface area contributed by atoms with Crippen LogP contribution in [0.1, 0.15) is 20.8 Å². The predicted octanol–water partition coefficient (Wildman–Crippen LogP) is -0.406. The lowest BCUT2D eigenvalue weighted by Crippen LogP contribution is -2.50. The Morgan fingerprint density at radius 3 is 2.63 bits per heavy atom. The van der Waals surface area contributed by atoms with Crippen LogP contribution in [0, 0.1) is 5.92 Å². The van der Waals surface area contributed by atoms with Gasteiger partial charge in [0.05, 0.1) is 19.1 Å². The first kappa shape index (κ1) is 15.9. The highest BCUT2D eigenvalue weighted by Crippen LogP contribution is 2.14. The Labute approximate surface area is 114 Å². The Morgan fingerprint density at radius 2 is 2.05 bits per heavy atom. The summed E-state index contributed by atoms with van der Waals surface area (Å²) in [4.78, 5) is 25.6. The second-order valence-corrected chi connectivity index (χ2v) is 4.89. The molecule has 1 rings (SSSR count). The standard InChI is InChI=1S/C13H25N3O3/c1-5-14-11-8-19-7-10(11)12(17)15-9(3)13(18)16(4)6-2/h9-11,14H,5-8H2,1-4H3,(H,15,17). The molecule has 0 aromatic heterocycles. The van der Waals surface area contributed by atoms with Crippen LogP contribution in [-0.4, -0.2) is 62.1 Å². The second-order valence-electron chi connectivity index (χ2n) is 4.89. The maximum Gasteiger partial charge on any atom is 0.244 e. The highest BCUT2D eigenvalue weighted by molar-refractivity contribution is 5.88. The van der Waals surface area contributed by atoms with Crippen LogP contribution in [0.5, 0.6) is 0 Å². The van der Waals surface area contributed by atoms with Crippen molar-refractivity contribution in [2.24, 2.45) is 5.92 Å². The molecule has 3 atom stereocenters. The number of hydrogen-bond acceptors (Lipinski definition) is 4. The molecule has 0 saturated carbocycles. The summed E-state index contributed by atoms with van der Waals surface area (Å²) in [5.74, 6) is -0.411. The van der Waals surface area contributed by atoms with Crippen molar-refractivity contribution in [1.29, 1.82) is 0 Å². The molecular formula is C13H25N3O3. The number of ether oxygens (including phenoxy) is 1. The van der Waals surface area contributed by atoms with E-state index in [1.54, 1.807) is 18.9 Å². The van der Waals surface area contributed by atoms with Crippen LogP contribution in [0.25, 0.3) is 0 Å². The minimum Gasteiger partial charge on any atom is -0.379 e. The first-order valence-corrected chi connectivity index (χ1v) is 6.87. The molecule has 3 unspecified atom stereocenters. The Kier molecular flexibility index (Phi) is 6.24. The molecule has 2 N–H and O–H groups in total. The lowest BCUT2D eigenvalue weighted by Gasteiger charge is -2.23. The third-order valence-corrected chi connectivity index (χ3v) is 3.46. The number of nitrogens with zero attached hydrogens (tertiary/aromatic N) is 1. The van der Waals surface area contributed by atoms with Gasteiger partial charge in [-0.05, 0) is 20.4 Å². The fourth-order valence-corrected chi connectivity index (χ4v) is 2.14. The minimum absolute atomic E-state index is 0.0382. The van der Waals surface area contributed by atoms with Crippen molar-refractivity contribution >= 4 is 11.8 Å². The normalized spacial score (nSPS) is 24.0. The van der Waals surface area contributed by atoms with Gasteiger partial charge in [0.15, 0.2) is 0 Å². The fourth-order valence-electron chi connectivity index (χ4n) is 2.14. The number of nitrogens with one attached hydrogen (secondary N) is 2. The smallest absolute Gasteiger partial charge is 0.244 e. The van der Waals surface area contributed by atoms with E-state index >= 15 is 0 Å².